The Balaban J connectivity index is 2.06. The predicted octanol–water partition coefficient (Wildman–Crippen LogP) is 3.71. The molecule has 0 aliphatic rings. The number of alkyl halides is 2. The van der Waals surface area contributed by atoms with E-state index in [2.05, 4.69) is 36.7 Å². The van der Waals surface area contributed by atoms with Crippen molar-refractivity contribution in [1.82, 2.24) is 15.5 Å². The molecule has 1 aromatic carbocycles. The molecule has 1 unspecified atom stereocenters. The van der Waals surface area contributed by atoms with Crippen molar-refractivity contribution in [2.75, 3.05) is 27.2 Å². The Morgan fingerprint density at radius 3 is 2.59 bits per heavy atom. The highest BCUT2D eigenvalue weighted by Gasteiger charge is 2.15. The van der Waals surface area contributed by atoms with E-state index in [0.717, 1.165) is 0 Å². The Morgan fingerprint density at radius 2 is 1.96 bits per heavy atom. The topological polar surface area (TPSA) is 48.9 Å². The maximum absolute atomic E-state index is 12.6. The highest BCUT2D eigenvalue weighted by Crippen LogP contribution is 2.23. The number of aliphatic imine (C=N–C) groups is 1. The molecule has 1 heterocycles. The van der Waals surface area contributed by atoms with E-state index in [-0.39, 0.29) is 18.3 Å². The third kappa shape index (κ3) is 6.80. The highest BCUT2D eigenvalue weighted by atomic mass is 32.1. The van der Waals surface area contributed by atoms with Crippen LogP contribution in [0.4, 0.5) is 8.78 Å². The van der Waals surface area contributed by atoms with Crippen molar-refractivity contribution in [3.8, 4) is 5.75 Å². The van der Waals surface area contributed by atoms with Crippen LogP contribution in [0, 0.1) is 0 Å². The van der Waals surface area contributed by atoms with Crippen LogP contribution >= 0.6 is 11.3 Å². The molecule has 0 amide bonds. The molecule has 0 radical (unpaired) electrons. The van der Waals surface area contributed by atoms with Gasteiger partial charge in [0.25, 0.3) is 0 Å². The summed E-state index contributed by atoms with van der Waals surface area (Å²) in [5.41, 5.74) is 0.609. The number of guanidine groups is 1. The Labute approximate surface area is 163 Å². The molecule has 0 saturated carbocycles. The molecule has 27 heavy (non-hydrogen) atoms. The van der Waals surface area contributed by atoms with Crippen LogP contribution in [0.25, 0.3) is 0 Å². The zero-order valence-corrected chi connectivity index (χ0v) is 16.6. The zero-order chi connectivity index (χ0) is 19.6. The molecule has 0 fully saturated rings. The third-order valence-electron chi connectivity index (χ3n) is 3.90. The lowest BCUT2D eigenvalue weighted by Crippen LogP contribution is -2.41. The summed E-state index contributed by atoms with van der Waals surface area (Å²) in [6.07, 6.45) is 0. The van der Waals surface area contributed by atoms with Gasteiger partial charge in [-0.2, -0.15) is 8.78 Å². The van der Waals surface area contributed by atoms with Crippen LogP contribution in [-0.4, -0.2) is 44.7 Å². The average Bonchev–Trinajstić information content (AvgIpc) is 3.14. The monoisotopic (exact) mass is 396 g/mol. The minimum Gasteiger partial charge on any atom is -0.434 e. The Hall–Kier alpha value is -2.19. The fourth-order valence-electron chi connectivity index (χ4n) is 2.56. The minimum absolute atomic E-state index is 0.150. The van der Waals surface area contributed by atoms with E-state index in [1.807, 2.05) is 27.1 Å². The second kappa shape index (κ2) is 10.8. The summed E-state index contributed by atoms with van der Waals surface area (Å²) in [7, 11) is 4.07. The number of ether oxygens (including phenoxy) is 1. The number of para-hydroxylation sites is 1. The summed E-state index contributed by atoms with van der Waals surface area (Å²) in [6.45, 7) is 0.742. The normalized spacial score (nSPS) is 13.1. The summed E-state index contributed by atoms with van der Waals surface area (Å²) in [5.74, 6) is 0.782. The van der Waals surface area contributed by atoms with Gasteiger partial charge in [0.05, 0.1) is 12.6 Å². The molecule has 2 aromatic rings. The van der Waals surface area contributed by atoms with Gasteiger partial charge in [-0.15, -0.1) is 11.3 Å². The number of halogens is 2. The first kappa shape index (κ1) is 21.1. The van der Waals surface area contributed by atoms with E-state index < -0.39 is 6.61 Å². The van der Waals surface area contributed by atoms with Crippen molar-refractivity contribution in [2.24, 2.45) is 4.99 Å². The van der Waals surface area contributed by atoms with Gasteiger partial charge in [-0.05, 0) is 38.5 Å². The van der Waals surface area contributed by atoms with Gasteiger partial charge in [0, 0.05) is 23.5 Å². The van der Waals surface area contributed by atoms with Gasteiger partial charge in [0.1, 0.15) is 5.75 Å². The van der Waals surface area contributed by atoms with Crippen LogP contribution in [-0.2, 0) is 6.54 Å². The molecule has 1 aromatic heterocycles. The highest BCUT2D eigenvalue weighted by molar-refractivity contribution is 7.10. The van der Waals surface area contributed by atoms with Crippen molar-refractivity contribution < 1.29 is 13.5 Å². The lowest BCUT2D eigenvalue weighted by molar-refractivity contribution is -0.0504. The maximum Gasteiger partial charge on any atom is 0.387 e. The van der Waals surface area contributed by atoms with E-state index in [4.69, 9.17) is 0 Å². The molecular weight excluding hydrogens is 370 g/mol. The van der Waals surface area contributed by atoms with Crippen LogP contribution in [0.15, 0.2) is 46.8 Å². The fraction of sp³-hybridized carbons (Fsp3) is 0.421. The lowest BCUT2D eigenvalue weighted by Gasteiger charge is -2.24. The van der Waals surface area contributed by atoms with E-state index in [1.165, 1.54) is 10.9 Å². The van der Waals surface area contributed by atoms with Crippen LogP contribution in [0.2, 0.25) is 0 Å². The molecule has 0 bridgehead atoms. The van der Waals surface area contributed by atoms with Gasteiger partial charge in [0.15, 0.2) is 5.96 Å². The Kier molecular flexibility index (Phi) is 8.47. The Bertz CT molecular complexity index is 707. The summed E-state index contributed by atoms with van der Waals surface area (Å²) in [5, 5.41) is 8.58. The first-order valence-electron chi connectivity index (χ1n) is 8.76. The van der Waals surface area contributed by atoms with Gasteiger partial charge in [0.2, 0.25) is 0 Å². The molecule has 0 aliphatic carbocycles. The summed E-state index contributed by atoms with van der Waals surface area (Å²) in [4.78, 5) is 7.93. The smallest absolute Gasteiger partial charge is 0.387 e. The Morgan fingerprint density at radius 1 is 1.19 bits per heavy atom. The molecule has 0 saturated heterocycles. The molecule has 0 aliphatic heterocycles. The van der Waals surface area contributed by atoms with Crippen LogP contribution < -0.4 is 15.4 Å². The van der Waals surface area contributed by atoms with Crippen molar-refractivity contribution in [3.05, 3.63) is 52.2 Å². The molecule has 8 heteroatoms. The number of hydrogen-bond acceptors (Lipinski definition) is 4. The van der Waals surface area contributed by atoms with Crippen LogP contribution in [0.3, 0.4) is 0 Å². The number of rotatable bonds is 9. The predicted molar refractivity (Wildman–Crippen MR) is 107 cm³/mol. The van der Waals surface area contributed by atoms with Crippen molar-refractivity contribution >= 4 is 17.3 Å². The standard InChI is InChI=1S/C19H26F2N4OS/c1-4-22-19(24-13-15(25(2)3)17-10-7-11-27-17)23-12-14-8-5-6-9-16(14)26-18(20)21/h5-11,15,18H,4,12-13H2,1-3H3,(H2,22,23,24). The summed E-state index contributed by atoms with van der Waals surface area (Å²) >= 11 is 1.71. The molecule has 1 atom stereocenters. The summed E-state index contributed by atoms with van der Waals surface area (Å²) in [6, 6.07) is 11.1. The second-order valence-corrected chi connectivity index (χ2v) is 7.04. The quantitative estimate of drug-likeness (QED) is 0.501. The number of thiophene rings is 1. The van der Waals surface area contributed by atoms with Gasteiger partial charge < -0.3 is 20.3 Å². The zero-order valence-electron chi connectivity index (χ0n) is 15.8. The molecule has 2 N–H and O–H groups in total. The third-order valence-corrected chi connectivity index (χ3v) is 4.87. The minimum atomic E-state index is -2.85. The molecule has 5 nitrogen and oxygen atoms in total. The van der Waals surface area contributed by atoms with E-state index in [0.29, 0.717) is 24.6 Å². The molecule has 2 rings (SSSR count). The molecule has 0 spiro atoms. The van der Waals surface area contributed by atoms with Crippen molar-refractivity contribution in [1.29, 1.82) is 0 Å². The van der Waals surface area contributed by atoms with Gasteiger partial charge in [-0.1, -0.05) is 24.3 Å². The van der Waals surface area contributed by atoms with Crippen molar-refractivity contribution in [2.45, 2.75) is 26.1 Å². The number of nitrogens with zero attached hydrogens (tertiary/aromatic N) is 2. The molecular formula is C19H26F2N4OS. The van der Waals surface area contributed by atoms with E-state index in [1.54, 1.807) is 29.5 Å². The average molecular weight is 397 g/mol. The molecule has 148 valence electrons. The van der Waals surface area contributed by atoms with Crippen molar-refractivity contribution in [3.63, 3.8) is 0 Å². The first-order chi connectivity index (χ1) is 13.0. The van der Waals surface area contributed by atoms with Gasteiger partial charge >= 0.3 is 6.61 Å². The van der Waals surface area contributed by atoms with E-state index in [9.17, 15) is 8.78 Å². The maximum atomic E-state index is 12.6. The number of benzene rings is 1. The number of likely N-dealkylation sites (N-methyl/N-ethyl adjacent to an activating group) is 1. The first-order valence-corrected chi connectivity index (χ1v) is 9.64. The van der Waals surface area contributed by atoms with E-state index >= 15 is 0 Å². The lowest BCUT2D eigenvalue weighted by atomic mass is 10.2. The second-order valence-electron chi connectivity index (χ2n) is 6.06. The van der Waals surface area contributed by atoms with Crippen LogP contribution in [0.5, 0.6) is 5.75 Å². The number of nitrogens with one attached hydrogen (secondary N) is 2. The fourth-order valence-corrected chi connectivity index (χ4v) is 3.49. The SMILES string of the molecule is CCNC(=NCc1ccccc1OC(F)F)NCC(c1cccs1)N(C)C. The van der Waals surface area contributed by atoms with Crippen LogP contribution in [0.1, 0.15) is 23.4 Å². The van der Waals surface area contributed by atoms with Gasteiger partial charge in [-0.25, -0.2) is 4.99 Å². The largest absolute Gasteiger partial charge is 0.434 e. The van der Waals surface area contributed by atoms with Gasteiger partial charge in [-0.3, -0.25) is 0 Å². The summed E-state index contributed by atoms with van der Waals surface area (Å²) < 4.78 is 29.7. The number of hydrogen-bond donors (Lipinski definition) is 2.